The number of carbonyl (C=O) groups is 6. The van der Waals surface area contributed by atoms with Gasteiger partial charge in [-0.15, -0.1) is 0 Å². The van der Waals surface area contributed by atoms with E-state index in [1.807, 2.05) is 13.8 Å². The van der Waals surface area contributed by atoms with Crippen LogP contribution in [-0.4, -0.2) is 171 Å². The van der Waals surface area contributed by atoms with Crippen LogP contribution >= 0.6 is 18.7 Å². The van der Waals surface area contributed by atoms with E-state index in [1.54, 1.807) is 60.6 Å². The molecule has 0 aliphatic heterocycles. The molecule has 0 amide bonds. The van der Waals surface area contributed by atoms with E-state index in [9.17, 15) is 33.3 Å². The summed E-state index contributed by atoms with van der Waals surface area (Å²) in [4.78, 5) is 65.2. The van der Waals surface area contributed by atoms with Gasteiger partial charge < -0.3 is 60.6 Å². The standard InChI is InChI=1S/C12H24O3Si.C11H22O3Si.2C11H24O3Si.C7H15O5P.C6H15ClSi.C5H10O3/c1-10(8-9-11(13)14-5)15-16(6,7)12(2,3)4;1-9(7-8-10(12)13)14-15(5,6)11(2,3)4;2*1-8-13-10(12)9(2)14-15(6,7)11(3,4)5;1-4-11-13(9,12-5-2)6-7(8)10-3;1-6(2,3)8(4,5)7;1-3-8-5(7)4(2)6/h8-10H,1-7H3;7-9H,1-6H3,(H,12,13);2*9H,8H2,1-7H3;4-6H2,1-3H3;1-5H3;4,6H,3H2,1-2H3/b9-8-;8-7-;;;;;/t10-;3*9-;;;4-/m0000..0/s1. The third kappa shape index (κ3) is 50.1. The zero-order chi connectivity index (χ0) is 73.7. The predicted molar refractivity (Wildman–Crippen MR) is 381 cm³/mol. The molecule has 0 aromatic carbocycles. The number of aliphatic hydroxyl groups excluding tert-OH is 1. The summed E-state index contributed by atoms with van der Waals surface area (Å²) in [6, 6.07) is 0. The summed E-state index contributed by atoms with van der Waals surface area (Å²) in [5.74, 6) is -2.95. The van der Waals surface area contributed by atoms with Crippen molar-refractivity contribution in [1.29, 1.82) is 0 Å². The minimum absolute atomic E-state index is 0.0556. The van der Waals surface area contributed by atoms with Crippen molar-refractivity contribution < 1.29 is 94.0 Å². The first-order valence-corrected chi connectivity index (χ1v) is 48.5. The molecule has 0 fully saturated rings. The first kappa shape index (κ1) is 101. The van der Waals surface area contributed by atoms with Crippen LogP contribution in [0.1, 0.15) is 173 Å². The van der Waals surface area contributed by atoms with Crippen LogP contribution in [0.5, 0.6) is 0 Å². The Balaban J connectivity index is -0.000000181. The number of esters is 5. The summed E-state index contributed by atoms with van der Waals surface area (Å²) in [5, 5.41) is 17.9. The highest BCUT2D eigenvalue weighted by molar-refractivity contribution is 7.54. The molecule has 0 rings (SSSR count). The highest BCUT2D eigenvalue weighted by atomic mass is 35.6. The van der Waals surface area contributed by atoms with Gasteiger partial charge in [-0.05, 0) is 147 Å². The molecule has 0 aliphatic carbocycles. The number of hydrogen-bond donors (Lipinski definition) is 2. The van der Waals surface area contributed by atoms with Crippen LogP contribution in [0.4, 0.5) is 0 Å². The fourth-order valence-corrected chi connectivity index (χ4v) is 11.6. The van der Waals surface area contributed by atoms with Crippen LogP contribution in [0, 0.1) is 0 Å². The maximum absolute atomic E-state index is 11.6. The third-order valence-corrected chi connectivity index (χ3v) is 40.7. The second-order valence-corrected chi connectivity index (χ2v) is 57.0. The van der Waals surface area contributed by atoms with Crippen LogP contribution in [0.3, 0.4) is 0 Å². The Labute approximate surface area is 558 Å². The maximum atomic E-state index is 11.6. The van der Waals surface area contributed by atoms with E-state index >= 15 is 0 Å². The van der Waals surface area contributed by atoms with Crippen molar-refractivity contribution in [2.45, 2.75) is 294 Å². The number of aliphatic hydroxyl groups is 1. The largest absolute Gasteiger partial charge is 0.478 e. The van der Waals surface area contributed by atoms with Crippen LogP contribution in [0.25, 0.3) is 0 Å². The number of carboxylic acids is 1. The summed E-state index contributed by atoms with van der Waals surface area (Å²) in [7, 11) is -9.32. The number of ether oxygens (including phenoxy) is 5. The lowest BCUT2D eigenvalue weighted by molar-refractivity contribution is -0.152. The van der Waals surface area contributed by atoms with Gasteiger partial charge in [-0.3, -0.25) is 9.36 Å². The fraction of sp³-hybridized carbons (Fsp3) is 0.841. The zero-order valence-corrected chi connectivity index (χ0v) is 70.2. The van der Waals surface area contributed by atoms with Gasteiger partial charge in [0.1, 0.15) is 24.5 Å². The Morgan fingerprint density at radius 1 is 0.456 bits per heavy atom. The molecular weight excluding hydrogens is 1280 g/mol. The molecule has 20 nitrogen and oxygen atoms in total. The lowest BCUT2D eigenvalue weighted by Crippen LogP contribution is -2.45. The van der Waals surface area contributed by atoms with Gasteiger partial charge in [-0.1, -0.05) is 129 Å². The molecule has 0 bridgehead atoms. The summed E-state index contributed by atoms with van der Waals surface area (Å²) in [5.41, 5.74) is 0. The first-order valence-electron chi connectivity index (χ1n) is 31.1. The summed E-state index contributed by atoms with van der Waals surface area (Å²) in [6.45, 7) is 73.1. The third-order valence-electron chi connectivity index (χ3n) is 15.2. The molecule has 0 saturated heterocycles. The van der Waals surface area contributed by atoms with E-state index in [2.05, 4.69) is 184 Å². The minimum atomic E-state index is -3.27. The van der Waals surface area contributed by atoms with E-state index in [4.69, 9.17) is 57.5 Å². The molecule has 2 N–H and O–H groups in total. The van der Waals surface area contributed by atoms with Gasteiger partial charge in [0, 0.05) is 12.2 Å². The van der Waals surface area contributed by atoms with Gasteiger partial charge >= 0.3 is 43.4 Å². The van der Waals surface area contributed by atoms with Crippen molar-refractivity contribution in [3.05, 3.63) is 24.3 Å². The van der Waals surface area contributed by atoms with E-state index < -0.39 is 84.5 Å². The Hall–Kier alpha value is -2.38. The molecular formula is C63H134ClO20PSi5. The number of hydrogen-bond acceptors (Lipinski definition) is 19. The van der Waals surface area contributed by atoms with E-state index in [-0.39, 0.29) is 69.6 Å². The summed E-state index contributed by atoms with van der Waals surface area (Å²) < 4.78 is 68.3. The van der Waals surface area contributed by atoms with Gasteiger partial charge in [0.05, 0.1) is 59.5 Å². The number of methoxy groups -OCH3 is 2. The number of aliphatic carboxylic acids is 1. The van der Waals surface area contributed by atoms with Crippen LogP contribution in [0.2, 0.25) is 90.7 Å². The summed E-state index contributed by atoms with van der Waals surface area (Å²) in [6.07, 6.45) is 3.46. The van der Waals surface area contributed by atoms with E-state index in [0.717, 1.165) is 6.08 Å². The molecule has 0 unspecified atom stereocenters. The highest BCUT2D eigenvalue weighted by Crippen LogP contribution is 2.48. The Bertz CT molecular complexity index is 2060. The zero-order valence-electron chi connectivity index (χ0n) is 63.5. The molecule has 0 saturated carbocycles. The van der Waals surface area contributed by atoms with E-state index in [1.165, 1.54) is 27.2 Å². The molecule has 90 heavy (non-hydrogen) atoms. The number of carboxylic acid groups (broad SMARTS) is 1. The molecule has 0 radical (unpaired) electrons. The SMILES string of the molecule is CC(C)(C)[Si](C)(C)Cl.CCOC(=O)[C@H](C)O.CCOC(=O)[C@H](C)O[Si](C)(C)C(C)(C)C.CCOC(=O)[C@H](C)O[Si](C)(C)C(C)(C)C.CCOP(=O)(CC(=O)OC)OCC.COC(=O)/C=C\[C@H](C)O[Si](C)(C)C(C)(C)C.C[C@@H](/C=C\C(=O)O)O[Si](C)(C)C(C)(C)C. The number of halogens is 1. The van der Waals surface area contributed by atoms with Gasteiger partial charge in [0.25, 0.3) is 0 Å². The van der Waals surface area contributed by atoms with Crippen LogP contribution in [0.15, 0.2) is 24.3 Å². The molecule has 27 heteroatoms. The van der Waals surface area contributed by atoms with Gasteiger partial charge in [0.15, 0.2) is 40.7 Å². The Morgan fingerprint density at radius 2 is 0.722 bits per heavy atom. The van der Waals surface area contributed by atoms with Crippen molar-refractivity contribution in [2.75, 3.05) is 53.4 Å². The smallest absolute Gasteiger partial charge is 0.341 e. The normalized spacial score (nSPS) is 14.3. The number of rotatable bonds is 24. The average molecular weight is 1420 g/mol. The summed E-state index contributed by atoms with van der Waals surface area (Å²) >= 11 is 6.15. The monoisotopic (exact) mass is 1420 g/mol. The second kappa shape index (κ2) is 45.9. The molecule has 0 aromatic rings. The van der Waals surface area contributed by atoms with Gasteiger partial charge in [-0.25, -0.2) is 24.0 Å². The Kier molecular flexibility index (Phi) is 51.6. The fourth-order valence-electron chi connectivity index (χ4n) is 4.72. The quantitative estimate of drug-likeness (QED) is 0.0227. The van der Waals surface area contributed by atoms with Crippen molar-refractivity contribution in [1.82, 2.24) is 0 Å². The average Bonchev–Trinajstić information content (AvgIpc) is 3.53. The minimum Gasteiger partial charge on any atom is -0.478 e. The van der Waals surface area contributed by atoms with Crippen LogP contribution in [-0.2, 0) is 83.8 Å². The maximum Gasteiger partial charge on any atom is 0.341 e. The highest BCUT2D eigenvalue weighted by Gasteiger charge is 2.42. The number of carbonyl (C=O) groups excluding carboxylic acids is 5. The van der Waals surface area contributed by atoms with Gasteiger partial charge in [0.2, 0.25) is 0 Å². The lowest BCUT2D eigenvalue weighted by atomic mass is 10.2. The Morgan fingerprint density at radius 3 is 0.922 bits per heavy atom. The molecule has 0 heterocycles. The van der Waals surface area contributed by atoms with Crippen molar-refractivity contribution in [3.63, 3.8) is 0 Å². The van der Waals surface area contributed by atoms with Crippen molar-refractivity contribution in [3.8, 4) is 0 Å². The van der Waals surface area contributed by atoms with E-state index in [0.29, 0.717) is 24.9 Å². The first-order chi connectivity index (χ1) is 39.9. The molecule has 0 aromatic heterocycles. The van der Waals surface area contributed by atoms with Gasteiger partial charge in [-0.2, -0.15) is 11.1 Å². The molecule has 0 spiro atoms. The topological polar surface area (TPSA) is 261 Å². The molecule has 538 valence electrons. The predicted octanol–water partition coefficient (Wildman–Crippen LogP) is 16.7. The molecule has 5 atom stereocenters. The molecule has 0 aliphatic rings. The second-order valence-electron chi connectivity index (χ2n) is 28.6. The lowest BCUT2D eigenvalue weighted by Gasteiger charge is -2.37. The van der Waals surface area contributed by atoms with Crippen molar-refractivity contribution >= 4 is 95.1 Å². The van der Waals surface area contributed by atoms with Crippen molar-refractivity contribution in [2.24, 2.45) is 0 Å². The van der Waals surface area contributed by atoms with Crippen LogP contribution < -0.4 is 0 Å².